The molecule has 1 atom stereocenters. The minimum atomic E-state index is -0.425. The van der Waals surface area contributed by atoms with Crippen LogP contribution in [0.4, 0.5) is 10.1 Å². The summed E-state index contributed by atoms with van der Waals surface area (Å²) < 4.78 is 14.7. The van der Waals surface area contributed by atoms with Gasteiger partial charge in [-0.2, -0.15) is 0 Å². The number of fused-ring (bicyclic) bond motifs is 1. The molecule has 28 heavy (non-hydrogen) atoms. The maximum Gasteiger partial charge on any atom is 0.228 e. The fraction of sp³-hybridized carbons (Fsp3) is 0.261. The number of rotatable bonds is 4. The summed E-state index contributed by atoms with van der Waals surface area (Å²) in [7, 11) is 0. The van der Waals surface area contributed by atoms with E-state index in [2.05, 4.69) is 68.6 Å². The summed E-state index contributed by atoms with van der Waals surface area (Å²) in [6.07, 6.45) is 1.79. The van der Waals surface area contributed by atoms with Gasteiger partial charge in [-0.15, -0.1) is 0 Å². The number of anilines is 1. The largest absolute Gasteiger partial charge is 0.323 e. The van der Waals surface area contributed by atoms with E-state index in [0.29, 0.717) is 11.0 Å². The van der Waals surface area contributed by atoms with E-state index < -0.39 is 5.82 Å². The summed E-state index contributed by atoms with van der Waals surface area (Å²) in [5.41, 5.74) is 1.51. The molecule has 144 valence electrons. The summed E-state index contributed by atoms with van der Waals surface area (Å²) >= 11 is 3.24. The molecule has 3 aromatic rings. The van der Waals surface area contributed by atoms with E-state index in [1.54, 1.807) is 12.1 Å². The molecule has 0 aliphatic carbocycles. The summed E-state index contributed by atoms with van der Waals surface area (Å²) in [6.45, 7) is 2.48. The predicted octanol–water partition coefficient (Wildman–Crippen LogP) is 5.59. The monoisotopic (exact) mass is 440 g/mol. The van der Waals surface area contributed by atoms with Gasteiger partial charge in [0.05, 0.1) is 11.6 Å². The molecule has 1 aliphatic heterocycles. The van der Waals surface area contributed by atoms with Gasteiger partial charge >= 0.3 is 0 Å². The Morgan fingerprint density at radius 1 is 1.14 bits per heavy atom. The fourth-order valence-corrected chi connectivity index (χ4v) is 4.24. The van der Waals surface area contributed by atoms with Crippen LogP contribution in [-0.4, -0.2) is 23.9 Å². The smallest absolute Gasteiger partial charge is 0.228 e. The number of carbonyl (C=O) groups is 1. The lowest BCUT2D eigenvalue weighted by atomic mass is 9.96. The van der Waals surface area contributed by atoms with Crippen molar-refractivity contribution in [3.63, 3.8) is 0 Å². The number of hydrogen-bond donors (Lipinski definition) is 1. The fourth-order valence-electron chi connectivity index (χ4n) is 3.91. The highest BCUT2D eigenvalue weighted by Crippen LogP contribution is 2.25. The lowest BCUT2D eigenvalue weighted by molar-refractivity contribution is -0.121. The number of nitrogens with zero attached hydrogens (tertiary/aromatic N) is 1. The standard InChI is InChI=1S/C23H22BrFN2O/c24-19-10-11-22(21(25)13-19)26-23(28)18-8-4-12-27(15-18)14-17-7-3-6-16-5-1-2-9-20(16)17/h1-3,5-7,9-11,13,18H,4,8,12,14-15H2,(H,26,28). The van der Waals surface area contributed by atoms with Gasteiger partial charge in [0.2, 0.25) is 5.91 Å². The van der Waals surface area contributed by atoms with Gasteiger partial charge in [0.25, 0.3) is 0 Å². The van der Waals surface area contributed by atoms with E-state index in [4.69, 9.17) is 0 Å². The van der Waals surface area contributed by atoms with E-state index >= 15 is 0 Å². The van der Waals surface area contributed by atoms with Crippen molar-refractivity contribution in [2.24, 2.45) is 5.92 Å². The number of nitrogens with one attached hydrogen (secondary N) is 1. The second kappa shape index (κ2) is 8.41. The number of piperidine rings is 1. The molecular formula is C23H22BrFN2O. The van der Waals surface area contributed by atoms with Gasteiger partial charge in [-0.3, -0.25) is 9.69 Å². The summed E-state index contributed by atoms with van der Waals surface area (Å²) in [5, 5.41) is 5.25. The first-order chi connectivity index (χ1) is 13.6. The molecule has 5 heteroatoms. The molecule has 1 N–H and O–H groups in total. The minimum Gasteiger partial charge on any atom is -0.323 e. The second-order valence-corrected chi connectivity index (χ2v) is 8.24. The van der Waals surface area contributed by atoms with Crippen molar-refractivity contribution in [2.45, 2.75) is 19.4 Å². The van der Waals surface area contributed by atoms with Crippen LogP contribution < -0.4 is 5.32 Å². The Labute approximate surface area is 172 Å². The predicted molar refractivity (Wildman–Crippen MR) is 115 cm³/mol. The lowest BCUT2D eigenvalue weighted by Gasteiger charge is -2.32. The third-order valence-corrected chi connectivity index (χ3v) is 5.83. The van der Waals surface area contributed by atoms with Gasteiger partial charge in [0.1, 0.15) is 5.82 Å². The zero-order valence-electron chi connectivity index (χ0n) is 15.5. The normalized spacial score (nSPS) is 17.6. The van der Waals surface area contributed by atoms with Gasteiger partial charge in [-0.05, 0) is 53.9 Å². The summed E-state index contributed by atoms with van der Waals surface area (Å²) in [4.78, 5) is 15.0. The van der Waals surface area contributed by atoms with Crippen molar-refractivity contribution in [1.29, 1.82) is 0 Å². The molecule has 1 fully saturated rings. The molecule has 0 saturated carbocycles. The van der Waals surface area contributed by atoms with Crippen LogP contribution in [0.5, 0.6) is 0 Å². The van der Waals surface area contributed by atoms with Crippen LogP contribution in [-0.2, 0) is 11.3 Å². The van der Waals surface area contributed by atoms with Gasteiger partial charge in [-0.25, -0.2) is 4.39 Å². The first-order valence-electron chi connectivity index (χ1n) is 9.55. The van der Waals surface area contributed by atoms with Gasteiger partial charge in [0.15, 0.2) is 0 Å². The Bertz CT molecular complexity index is 1000. The van der Waals surface area contributed by atoms with E-state index in [1.165, 1.54) is 22.4 Å². The number of likely N-dealkylation sites (tertiary alicyclic amines) is 1. The van der Waals surface area contributed by atoms with Crippen molar-refractivity contribution in [3.8, 4) is 0 Å². The van der Waals surface area contributed by atoms with E-state index in [1.807, 2.05) is 0 Å². The van der Waals surface area contributed by atoms with Crippen molar-refractivity contribution in [3.05, 3.63) is 76.5 Å². The quantitative estimate of drug-likeness (QED) is 0.573. The molecule has 1 aliphatic rings. The highest BCUT2D eigenvalue weighted by Gasteiger charge is 2.26. The van der Waals surface area contributed by atoms with Crippen molar-refractivity contribution < 1.29 is 9.18 Å². The van der Waals surface area contributed by atoms with Crippen molar-refractivity contribution in [2.75, 3.05) is 18.4 Å². The first kappa shape index (κ1) is 19.1. The Kier molecular flexibility index (Phi) is 5.74. The Hall–Kier alpha value is -2.24. The van der Waals surface area contributed by atoms with Crippen LogP contribution in [0, 0.1) is 11.7 Å². The van der Waals surface area contributed by atoms with Gasteiger partial charge < -0.3 is 5.32 Å². The molecule has 1 saturated heterocycles. The van der Waals surface area contributed by atoms with Crippen molar-refractivity contribution >= 4 is 38.3 Å². The number of benzene rings is 3. The van der Waals surface area contributed by atoms with E-state index in [0.717, 1.165) is 25.9 Å². The number of amides is 1. The van der Waals surface area contributed by atoms with Crippen LogP contribution in [0.1, 0.15) is 18.4 Å². The average Bonchev–Trinajstić information content (AvgIpc) is 2.70. The highest BCUT2D eigenvalue weighted by atomic mass is 79.9. The molecule has 3 nitrogen and oxygen atoms in total. The molecule has 0 spiro atoms. The van der Waals surface area contributed by atoms with Crippen molar-refractivity contribution in [1.82, 2.24) is 4.90 Å². The number of hydrogen-bond acceptors (Lipinski definition) is 2. The van der Waals surface area contributed by atoms with E-state index in [9.17, 15) is 9.18 Å². The van der Waals surface area contributed by atoms with Gasteiger partial charge in [0, 0.05) is 17.6 Å². The molecule has 1 unspecified atom stereocenters. The third kappa shape index (κ3) is 4.26. The molecule has 0 radical (unpaired) electrons. The number of carbonyl (C=O) groups excluding carboxylic acids is 1. The molecule has 1 heterocycles. The lowest BCUT2D eigenvalue weighted by Crippen LogP contribution is -2.40. The molecule has 0 aromatic heterocycles. The molecule has 0 bridgehead atoms. The van der Waals surface area contributed by atoms with Gasteiger partial charge in [-0.1, -0.05) is 58.4 Å². The zero-order chi connectivity index (χ0) is 19.5. The first-order valence-corrected chi connectivity index (χ1v) is 10.3. The topological polar surface area (TPSA) is 32.3 Å². The Balaban J connectivity index is 1.44. The van der Waals surface area contributed by atoms with Crippen LogP contribution in [0.2, 0.25) is 0 Å². The Morgan fingerprint density at radius 2 is 1.96 bits per heavy atom. The maximum atomic E-state index is 14.0. The van der Waals surface area contributed by atoms with Crippen LogP contribution >= 0.6 is 15.9 Å². The maximum absolute atomic E-state index is 14.0. The zero-order valence-corrected chi connectivity index (χ0v) is 17.1. The van der Waals surface area contributed by atoms with Crippen LogP contribution in [0.3, 0.4) is 0 Å². The number of halogens is 2. The minimum absolute atomic E-state index is 0.108. The highest BCUT2D eigenvalue weighted by molar-refractivity contribution is 9.10. The SMILES string of the molecule is O=C(Nc1ccc(Br)cc1F)C1CCCN(Cc2cccc3ccccc23)C1. The second-order valence-electron chi connectivity index (χ2n) is 7.33. The molecule has 1 amide bonds. The third-order valence-electron chi connectivity index (χ3n) is 5.34. The van der Waals surface area contributed by atoms with Crippen LogP contribution in [0.15, 0.2) is 65.1 Å². The molecular weight excluding hydrogens is 419 g/mol. The molecule has 3 aromatic carbocycles. The Morgan fingerprint density at radius 3 is 2.82 bits per heavy atom. The van der Waals surface area contributed by atoms with E-state index in [-0.39, 0.29) is 17.5 Å². The molecule has 4 rings (SSSR count). The summed E-state index contributed by atoms with van der Waals surface area (Å²) in [6, 6.07) is 19.4. The average molecular weight is 441 g/mol. The summed E-state index contributed by atoms with van der Waals surface area (Å²) in [5.74, 6) is -0.665. The van der Waals surface area contributed by atoms with Crippen LogP contribution in [0.25, 0.3) is 10.8 Å².